The van der Waals surface area contributed by atoms with Gasteiger partial charge in [-0.3, -0.25) is 24.2 Å². The van der Waals surface area contributed by atoms with Gasteiger partial charge in [-0.2, -0.15) is 0 Å². The predicted octanol–water partition coefficient (Wildman–Crippen LogP) is 2.70. The fraction of sp³-hybridized carbons (Fsp3) is 0.318. The van der Waals surface area contributed by atoms with E-state index in [4.69, 9.17) is 9.15 Å². The number of furan rings is 1. The molecule has 5 rings (SSSR count). The largest absolute Gasteiger partial charge is 0.497 e. The fourth-order valence-corrected chi connectivity index (χ4v) is 4.80. The van der Waals surface area contributed by atoms with Crippen molar-refractivity contribution in [3.8, 4) is 5.75 Å². The average molecular weight is 392 g/mol. The van der Waals surface area contributed by atoms with Crippen LogP contribution in [0.3, 0.4) is 0 Å². The van der Waals surface area contributed by atoms with Crippen LogP contribution in [-0.2, 0) is 9.59 Å². The highest BCUT2D eigenvalue weighted by Crippen LogP contribution is 2.52. The summed E-state index contributed by atoms with van der Waals surface area (Å²) in [6.45, 7) is -0.143. The van der Waals surface area contributed by atoms with E-state index in [9.17, 15) is 14.4 Å². The predicted molar refractivity (Wildman–Crippen MR) is 103 cm³/mol. The molecule has 2 bridgehead atoms. The van der Waals surface area contributed by atoms with Gasteiger partial charge in [0.2, 0.25) is 11.8 Å². The highest BCUT2D eigenvalue weighted by Gasteiger charge is 2.59. The number of fused-ring (bicyclic) bond motifs is 5. The standard InChI is InChI=1S/C22H20N2O5/c1-28-16-8-6-15(7-9-16)23(20(25)17-3-2-10-29-17)12-24-21(26)18-13-4-5-14(11-13)19(18)22(24)27/h2-10,13-14,18-19H,11-12H2,1H3/t13-,14+,18+,19-. The minimum Gasteiger partial charge on any atom is -0.497 e. The minimum atomic E-state index is -0.418. The first kappa shape index (κ1) is 17.7. The maximum absolute atomic E-state index is 13.1. The lowest BCUT2D eigenvalue weighted by molar-refractivity contribution is -0.140. The van der Waals surface area contributed by atoms with Gasteiger partial charge in [0.05, 0.1) is 25.2 Å². The quantitative estimate of drug-likeness (QED) is 0.577. The molecule has 0 N–H and O–H groups in total. The van der Waals surface area contributed by atoms with Gasteiger partial charge in [-0.15, -0.1) is 0 Å². The summed E-state index contributed by atoms with van der Waals surface area (Å²) in [5.74, 6) is -0.359. The van der Waals surface area contributed by atoms with Gasteiger partial charge >= 0.3 is 0 Å². The van der Waals surface area contributed by atoms with Gasteiger partial charge in [0, 0.05) is 5.69 Å². The molecule has 2 aliphatic carbocycles. The topological polar surface area (TPSA) is 80.1 Å². The highest BCUT2D eigenvalue weighted by molar-refractivity contribution is 6.09. The number of hydrogen-bond donors (Lipinski definition) is 0. The van der Waals surface area contributed by atoms with E-state index in [2.05, 4.69) is 12.2 Å². The van der Waals surface area contributed by atoms with Crippen LogP contribution in [0.2, 0.25) is 0 Å². The third-order valence-electron chi connectivity index (χ3n) is 6.21. The molecule has 3 amide bonds. The zero-order chi connectivity index (χ0) is 20.1. The van der Waals surface area contributed by atoms with Crippen LogP contribution in [0.25, 0.3) is 0 Å². The number of allylic oxidation sites excluding steroid dienone is 2. The van der Waals surface area contributed by atoms with Crippen molar-refractivity contribution in [1.82, 2.24) is 4.90 Å². The van der Waals surface area contributed by atoms with Crippen molar-refractivity contribution in [3.05, 3.63) is 60.6 Å². The summed E-state index contributed by atoms with van der Waals surface area (Å²) in [4.78, 5) is 41.8. The molecule has 2 aromatic rings. The number of amides is 3. The van der Waals surface area contributed by atoms with Crippen molar-refractivity contribution in [2.24, 2.45) is 23.7 Å². The second-order valence-electron chi connectivity index (χ2n) is 7.65. The highest BCUT2D eigenvalue weighted by atomic mass is 16.5. The summed E-state index contributed by atoms with van der Waals surface area (Å²) in [5.41, 5.74) is 0.547. The number of benzene rings is 1. The smallest absolute Gasteiger partial charge is 0.295 e. The molecule has 0 unspecified atom stereocenters. The van der Waals surface area contributed by atoms with Crippen molar-refractivity contribution >= 4 is 23.4 Å². The number of rotatable bonds is 5. The molecule has 1 aromatic carbocycles. The van der Waals surface area contributed by atoms with E-state index in [0.29, 0.717) is 11.4 Å². The molecule has 1 aliphatic heterocycles. The Hall–Kier alpha value is -3.35. The maximum atomic E-state index is 13.1. The van der Waals surface area contributed by atoms with Gasteiger partial charge in [0.1, 0.15) is 12.4 Å². The number of carbonyl (C=O) groups excluding carboxylic acids is 3. The molecule has 148 valence electrons. The van der Waals surface area contributed by atoms with Crippen LogP contribution >= 0.6 is 0 Å². The van der Waals surface area contributed by atoms with Crippen LogP contribution in [0.1, 0.15) is 17.0 Å². The number of anilines is 1. The molecule has 7 heteroatoms. The van der Waals surface area contributed by atoms with Gasteiger partial charge < -0.3 is 9.15 Å². The lowest BCUT2D eigenvalue weighted by Crippen LogP contribution is -2.45. The molecule has 1 saturated heterocycles. The summed E-state index contributed by atoms with van der Waals surface area (Å²) in [6.07, 6.45) is 6.39. The fourth-order valence-electron chi connectivity index (χ4n) is 4.80. The van der Waals surface area contributed by atoms with E-state index >= 15 is 0 Å². The van der Waals surface area contributed by atoms with Crippen molar-refractivity contribution in [2.75, 3.05) is 18.7 Å². The molecule has 7 nitrogen and oxygen atoms in total. The van der Waals surface area contributed by atoms with Crippen LogP contribution in [0.5, 0.6) is 5.75 Å². The van der Waals surface area contributed by atoms with Gasteiger partial charge in [0.25, 0.3) is 5.91 Å². The molecule has 4 atom stereocenters. The van der Waals surface area contributed by atoms with Crippen molar-refractivity contribution < 1.29 is 23.5 Å². The Morgan fingerprint density at radius 2 is 1.76 bits per heavy atom. The summed E-state index contributed by atoms with van der Waals surface area (Å²) < 4.78 is 10.4. The number of nitrogens with zero attached hydrogens (tertiary/aromatic N) is 2. The van der Waals surface area contributed by atoms with E-state index in [1.54, 1.807) is 43.5 Å². The molecular formula is C22H20N2O5. The van der Waals surface area contributed by atoms with Gasteiger partial charge in [0.15, 0.2) is 5.76 Å². The van der Waals surface area contributed by atoms with Crippen LogP contribution in [0, 0.1) is 23.7 Å². The Balaban J connectivity index is 1.46. The minimum absolute atomic E-state index is 0.127. The molecule has 0 spiro atoms. The van der Waals surface area contributed by atoms with Crippen LogP contribution in [0.15, 0.2) is 59.2 Å². The van der Waals surface area contributed by atoms with Crippen molar-refractivity contribution in [1.29, 1.82) is 0 Å². The Morgan fingerprint density at radius 3 is 2.31 bits per heavy atom. The summed E-state index contributed by atoms with van der Waals surface area (Å²) in [6, 6.07) is 10.1. The third kappa shape index (κ3) is 2.68. The maximum Gasteiger partial charge on any atom is 0.295 e. The van der Waals surface area contributed by atoms with E-state index in [-0.39, 0.29) is 47.9 Å². The number of carbonyl (C=O) groups is 3. The monoisotopic (exact) mass is 392 g/mol. The third-order valence-corrected chi connectivity index (χ3v) is 6.21. The van der Waals surface area contributed by atoms with E-state index in [0.717, 1.165) is 6.42 Å². The first-order valence-corrected chi connectivity index (χ1v) is 9.61. The molecular weight excluding hydrogens is 372 g/mol. The van der Waals surface area contributed by atoms with Gasteiger partial charge in [-0.1, -0.05) is 12.2 Å². The molecule has 3 aliphatic rings. The first-order valence-electron chi connectivity index (χ1n) is 9.61. The molecule has 1 aromatic heterocycles. The molecule has 2 heterocycles. The van der Waals surface area contributed by atoms with E-state index in [1.165, 1.54) is 16.1 Å². The zero-order valence-electron chi connectivity index (χ0n) is 15.9. The molecule has 29 heavy (non-hydrogen) atoms. The SMILES string of the molecule is COc1ccc(N(CN2C(=O)[C@@H]3[C@H](C2=O)[C@H]2C=C[C@@H]3C2)C(=O)c2ccco2)cc1. The second kappa shape index (κ2) is 6.62. The number of imide groups is 1. The number of hydrogen-bond acceptors (Lipinski definition) is 5. The zero-order valence-corrected chi connectivity index (χ0v) is 15.9. The lowest BCUT2D eigenvalue weighted by atomic mass is 9.85. The Labute approximate surface area is 167 Å². The van der Waals surface area contributed by atoms with Crippen molar-refractivity contribution in [3.63, 3.8) is 0 Å². The Kier molecular flexibility index (Phi) is 4.04. The van der Waals surface area contributed by atoms with Gasteiger partial charge in [-0.05, 0) is 54.7 Å². The summed E-state index contributed by atoms with van der Waals surface area (Å²) in [5, 5.41) is 0. The first-order chi connectivity index (χ1) is 14.1. The molecule has 0 radical (unpaired) electrons. The molecule has 2 fully saturated rings. The van der Waals surface area contributed by atoms with Gasteiger partial charge in [-0.25, -0.2) is 0 Å². The second-order valence-corrected chi connectivity index (χ2v) is 7.65. The van der Waals surface area contributed by atoms with E-state index in [1.807, 2.05) is 0 Å². The average Bonchev–Trinajstić information content (AvgIpc) is 3.53. The van der Waals surface area contributed by atoms with Crippen LogP contribution in [-0.4, -0.2) is 36.4 Å². The normalized spacial score (nSPS) is 26.9. The number of likely N-dealkylation sites (tertiary alicyclic amines) is 1. The Bertz CT molecular complexity index is 965. The van der Waals surface area contributed by atoms with Crippen LogP contribution < -0.4 is 9.64 Å². The summed E-state index contributed by atoms with van der Waals surface area (Å²) >= 11 is 0. The number of ether oxygens (including phenoxy) is 1. The van der Waals surface area contributed by atoms with Crippen molar-refractivity contribution in [2.45, 2.75) is 6.42 Å². The summed E-state index contributed by atoms with van der Waals surface area (Å²) in [7, 11) is 1.56. The molecule has 1 saturated carbocycles. The lowest BCUT2D eigenvalue weighted by Gasteiger charge is -2.27. The number of methoxy groups -OCH3 is 1. The van der Waals surface area contributed by atoms with E-state index < -0.39 is 5.91 Å². The Morgan fingerprint density at radius 1 is 1.10 bits per heavy atom. The van der Waals surface area contributed by atoms with Crippen LogP contribution in [0.4, 0.5) is 5.69 Å².